The maximum absolute atomic E-state index is 12.4. The number of thiophene rings is 1. The summed E-state index contributed by atoms with van der Waals surface area (Å²) in [7, 11) is -3.35. The molecule has 1 fully saturated rings. The Labute approximate surface area is 136 Å². The Morgan fingerprint density at radius 3 is 2.68 bits per heavy atom. The van der Waals surface area contributed by atoms with Crippen LogP contribution in [0.5, 0.6) is 0 Å². The van der Waals surface area contributed by atoms with E-state index in [0.717, 1.165) is 17.7 Å². The minimum absolute atomic E-state index is 0.402. The molecule has 0 aromatic carbocycles. The number of aliphatic imine (C=N–C) groups is 1. The molecule has 3 N–H and O–H groups in total. The average molecular weight is 345 g/mol. The second-order valence-corrected chi connectivity index (χ2v) is 8.58. The Bertz CT molecular complexity index is 617. The third kappa shape index (κ3) is 4.44. The van der Waals surface area contributed by atoms with E-state index in [9.17, 15) is 8.42 Å². The zero-order chi connectivity index (χ0) is 16.2. The van der Waals surface area contributed by atoms with Crippen LogP contribution in [0.15, 0.2) is 21.3 Å². The van der Waals surface area contributed by atoms with Gasteiger partial charge in [-0.25, -0.2) is 8.42 Å². The van der Waals surface area contributed by atoms with Crippen LogP contribution in [-0.4, -0.2) is 44.4 Å². The highest BCUT2D eigenvalue weighted by atomic mass is 32.2. The first-order valence-electron chi connectivity index (χ1n) is 7.62. The average Bonchev–Trinajstić information content (AvgIpc) is 3.14. The largest absolute Gasteiger partial charge is 0.370 e. The number of hydrogen-bond acceptors (Lipinski definition) is 4. The first kappa shape index (κ1) is 17.2. The SMILES string of the molecule is CCN(CC)S(=O)(=O)c1ccc(CCN=C(N)NC2CC2)s1. The maximum Gasteiger partial charge on any atom is 0.252 e. The minimum atomic E-state index is -3.35. The van der Waals surface area contributed by atoms with Crippen LogP contribution in [0.4, 0.5) is 0 Å². The minimum Gasteiger partial charge on any atom is -0.370 e. The lowest BCUT2D eigenvalue weighted by molar-refractivity contribution is 0.447. The van der Waals surface area contributed by atoms with Crippen molar-refractivity contribution >= 4 is 27.3 Å². The third-order valence-electron chi connectivity index (χ3n) is 3.51. The van der Waals surface area contributed by atoms with Gasteiger partial charge in [-0.2, -0.15) is 4.31 Å². The fourth-order valence-electron chi connectivity index (χ4n) is 2.09. The molecule has 0 bridgehead atoms. The van der Waals surface area contributed by atoms with Crippen molar-refractivity contribution in [2.24, 2.45) is 10.7 Å². The Hall–Kier alpha value is -1.12. The summed E-state index contributed by atoms with van der Waals surface area (Å²) in [6.45, 7) is 5.23. The quantitative estimate of drug-likeness (QED) is 0.551. The van der Waals surface area contributed by atoms with Crippen molar-refractivity contribution in [2.75, 3.05) is 19.6 Å². The van der Waals surface area contributed by atoms with Crippen molar-refractivity contribution in [1.29, 1.82) is 0 Å². The summed E-state index contributed by atoms with van der Waals surface area (Å²) in [4.78, 5) is 5.28. The molecule has 0 unspecified atom stereocenters. The zero-order valence-corrected chi connectivity index (χ0v) is 14.7. The van der Waals surface area contributed by atoms with Gasteiger partial charge in [0.15, 0.2) is 5.96 Å². The molecule has 8 heteroatoms. The van der Waals surface area contributed by atoms with E-state index < -0.39 is 10.0 Å². The van der Waals surface area contributed by atoms with Gasteiger partial charge in [0.05, 0.1) is 0 Å². The van der Waals surface area contributed by atoms with E-state index in [4.69, 9.17) is 5.73 Å². The molecule has 1 heterocycles. The van der Waals surface area contributed by atoms with Crippen LogP contribution in [0.1, 0.15) is 31.6 Å². The van der Waals surface area contributed by atoms with Crippen molar-refractivity contribution in [3.63, 3.8) is 0 Å². The molecule has 124 valence electrons. The molecular weight excluding hydrogens is 320 g/mol. The number of hydrogen-bond donors (Lipinski definition) is 2. The van der Waals surface area contributed by atoms with Gasteiger partial charge in [-0.05, 0) is 25.0 Å². The molecule has 1 saturated carbocycles. The van der Waals surface area contributed by atoms with Crippen molar-refractivity contribution in [2.45, 2.75) is 43.4 Å². The summed E-state index contributed by atoms with van der Waals surface area (Å²) in [5.74, 6) is 0.482. The molecule has 6 nitrogen and oxygen atoms in total. The summed E-state index contributed by atoms with van der Waals surface area (Å²) in [6.07, 6.45) is 3.02. The first-order valence-corrected chi connectivity index (χ1v) is 9.88. The summed E-state index contributed by atoms with van der Waals surface area (Å²) < 4.78 is 26.7. The molecule has 1 aromatic rings. The predicted molar refractivity (Wildman–Crippen MR) is 90.8 cm³/mol. The van der Waals surface area contributed by atoms with Gasteiger partial charge in [0.25, 0.3) is 10.0 Å². The molecule has 1 aliphatic rings. The van der Waals surface area contributed by atoms with Crippen molar-refractivity contribution in [3.05, 3.63) is 17.0 Å². The topological polar surface area (TPSA) is 87.8 Å². The molecule has 2 rings (SSSR count). The molecule has 22 heavy (non-hydrogen) atoms. The molecule has 0 atom stereocenters. The van der Waals surface area contributed by atoms with Crippen LogP contribution in [0.2, 0.25) is 0 Å². The van der Waals surface area contributed by atoms with Crippen LogP contribution >= 0.6 is 11.3 Å². The van der Waals surface area contributed by atoms with Crippen molar-refractivity contribution in [1.82, 2.24) is 9.62 Å². The van der Waals surface area contributed by atoms with E-state index >= 15 is 0 Å². The van der Waals surface area contributed by atoms with E-state index in [2.05, 4.69) is 10.3 Å². The summed E-state index contributed by atoms with van der Waals surface area (Å²) in [5.41, 5.74) is 5.77. The van der Waals surface area contributed by atoms with E-state index in [1.165, 1.54) is 15.6 Å². The van der Waals surface area contributed by atoms with Gasteiger partial charge < -0.3 is 11.1 Å². The van der Waals surface area contributed by atoms with Crippen molar-refractivity contribution < 1.29 is 8.42 Å². The Morgan fingerprint density at radius 1 is 1.41 bits per heavy atom. The van der Waals surface area contributed by atoms with Gasteiger partial charge in [0, 0.05) is 37.0 Å². The number of nitrogens with one attached hydrogen (secondary N) is 1. The molecule has 0 radical (unpaired) electrons. The first-order chi connectivity index (χ1) is 10.5. The Balaban J connectivity index is 1.93. The normalized spacial score (nSPS) is 16.2. The highest BCUT2D eigenvalue weighted by Gasteiger charge is 2.23. The second kappa shape index (κ2) is 7.43. The van der Waals surface area contributed by atoms with Gasteiger partial charge in [0.1, 0.15) is 4.21 Å². The van der Waals surface area contributed by atoms with Crippen LogP contribution in [0.3, 0.4) is 0 Å². The standard InChI is InChI=1S/C14H24N4O2S2/c1-3-18(4-2)22(19,20)13-8-7-12(21-13)9-10-16-14(15)17-11-5-6-11/h7-8,11H,3-6,9-10H2,1-2H3,(H3,15,16,17). The fourth-order valence-corrected chi connectivity index (χ4v) is 5.05. The number of nitrogens with zero attached hydrogens (tertiary/aromatic N) is 2. The van der Waals surface area contributed by atoms with E-state index in [1.807, 2.05) is 19.9 Å². The van der Waals surface area contributed by atoms with Crippen LogP contribution in [-0.2, 0) is 16.4 Å². The van der Waals surface area contributed by atoms with Gasteiger partial charge in [0.2, 0.25) is 0 Å². The van der Waals surface area contributed by atoms with Crippen LogP contribution in [0.25, 0.3) is 0 Å². The monoisotopic (exact) mass is 344 g/mol. The highest BCUT2D eigenvalue weighted by molar-refractivity contribution is 7.91. The van der Waals surface area contributed by atoms with Gasteiger partial charge in [-0.15, -0.1) is 11.3 Å². The number of nitrogens with two attached hydrogens (primary N) is 1. The smallest absolute Gasteiger partial charge is 0.252 e. The van der Waals surface area contributed by atoms with Gasteiger partial charge >= 0.3 is 0 Å². The molecular formula is C14H24N4O2S2. The van der Waals surface area contributed by atoms with Gasteiger partial charge in [-0.3, -0.25) is 4.99 Å². The van der Waals surface area contributed by atoms with Crippen molar-refractivity contribution in [3.8, 4) is 0 Å². The Morgan fingerprint density at radius 2 is 2.09 bits per heavy atom. The number of rotatable bonds is 8. The number of guanidine groups is 1. The van der Waals surface area contributed by atoms with E-state index in [0.29, 0.717) is 42.3 Å². The molecule has 0 amide bonds. The Kier molecular flexibility index (Phi) is 5.82. The third-order valence-corrected chi connectivity index (χ3v) is 7.17. The van der Waals surface area contributed by atoms with E-state index in [-0.39, 0.29) is 0 Å². The molecule has 0 aliphatic heterocycles. The molecule has 1 aliphatic carbocycles. The van der Waals surface area contributed by atoms with Crippen LogP contribution < -0.4 is 11.1 Å². The second-order valence-electron chi connectivity index (χ2n) is 5.25. The van der Waals surface area contributed by atoms with Gasteiger partial charge in [-0.1, -0.05) is 13.8 Å². The molecule has 1 aromatic heterocycles. The lowest BCUT2D eigenvalue weighted by Crippen LogP contribution is -2.33. The van der Waals surface area contributed by atoms with Crippen LogP contribution in [0, 0.1) is 0 Å². The predicted octanol–water partition coefficient (Wildman–Crippen LogP) is 1.39. The number of sulfonamides is 1. The lowest BCUT2D eigenvalue weighted by atomic mass is 10.3. The maximum atomic E-state index is 12.4. The summed E-state index contributed by atoms with van der Waals surface area (Å²) >= 11 is 1.32. The summed E-state index contributed by atoms with van der Waals surface area (Å²) in [6, 6.07) is 4.04. The highest BCUT2D eigenvalue weighted by Crippen LogP contribution is 2.25. The molecule has 0 spiro atoms. The fraction of sp³-hybridized carbons (Fsp3) is 0.643. The summed E-state index contributed by atoms with van der Waals surface area (Å²) in [5, 5.41) is 3.13. The van der Waals surface area contributed by atoms with E-state index in [1.54, 1.807) is 6.07 Å². The molecule has 0 saturated heterocycles. The lowest BCUT2D eigenvalue weighted by Gasteiger charge is -2.16. The zero-order valence-electron chi connectivity index (χ0n) is 13.1.